The van der Waals surface area contributed by atoms with Crippen LogP contribution in [-0.2, 0) is 6.18 Å². The molecule has 0 saturated carbocycles. The highest BCUT2D eigenvalue weighted by Gasteiger charge is 2.34. The van der Waals surface area contributed by atoms with Gasteiger partial charge in [-0.25, -0.2) is 0 Å². The van der Waals surface area contributed by atoms with Crippen LogP contribution >= 0.6 is 11.8 Å². The van der Waals surface area contributed by atoms with Gasteiger partial charge in [0.15, 0.2) is 0 Å². The van der Waals surface area contributed by atoms with Gasteiger partial charge in [0.1, 0.15) is 0 Å². The zero-order valence-corrected chi connectivity index (χ0v) is 15.7. The third kappa shape index (κ3) is 3.25. The highest BCUT2D eigenvalue weighted by molar-refractivity contribution is 8.09. The summed E-state index contributed by atoms with van der Waals surface area (Å²) in [6, 6.07) is 14.5. The van der Waals surface area contributed by atoms with E-state index in [0.29, 0.717) is 10.6 Å². The summed E-state index contributed by atoms with van der Waals surface area (Å²) in [5.74, 6) is 0.236. The number of rotatable bonds is 2. The van der Waals surface area contributed by atoms with Gasteiger partial charge in [-0.2, -0.15) is 13.2 Å². The van der Waals surface area contributed by atoms with Gasteiger partial charge in [0.25, 0.3) is 0 Å². The number of benzene rings is 2. The molecule has 0 N–H and O–H groups in total. The first kappa shape index (κ1) is 18.1. The molecule has 2 unspecified atom stereocenters. The largest absolute Gasteiger partial charge is 0.418 e. The fourth-order valence-electron chi connectivity index (χ4n) is 3.67. The Balaban J connectivity index is 1.88. The van der Waals surface area contributed by atoms with Crippen molar-refractivity contribution in [2.75, 3.05) is 0 Å². The van der Waals surface area contributed by atoms with Crippen molar-refractivity contribution in [2.45, 2.75) is 31.2 Å². The Morgan fingerprint density at radius 1 is 1.00 bits per heavy atom. The molecule has 2 heterocycles. The molecular formula is C22H18F3NS. The molecule has 2 atom stereocenters. The number of hydrogen-bond acceptors (Lipinski definition) is 2. The minimum atomic E-state index is -4.42. The molecular weight excluding hydrogens is 367 g/mol. The maximum Gasteiger partial charge on any atom is 0.418 e. The second-order valence-corrected chi connectivity index (χ2v) is 8.23. The number of nitrogens with zero attached hydrogens (tertiary/aromatic N) is 1. The molecule has 0 fully saturated rings. The van der Waals surface area contributed by atoms with Crippen LogP contribution in [0.1, 0.15) is 35.1 Å². The quantitative estimate of drug-likeness (QED) is 0.480. The predicted octanol–water partition coefficient (Wildman–Crippen LogP) is 6.82. The number of para-hydroxylation sites is 1. The smallest absolute Gasteiger partial charge is 0.255 e. The molecule has 1 aliphatic heterocycles. The summed E-state index contributed by atoms with van der Waals surface area (Å²) < 4.78 is 40.2. The number of halogens is 3. The van der Waals surface area contributed by atoms with E-state index >= 15 is 0 Å². The van der Waals surface area contributed by atoms with Gasteiger partial charge >= 0.3 is 6.18 Å². The lowest BCUT2D eigenvalue weighted by Crippen LogP contribution is -2.07. The number of aromatic nitrogens is 1. The van der Waals surface area contributed by atoms with Gasteiger partial charge in [-0.1, -0.05) is 55.5 Å². The SMILES string of the molecule is Cc1cnc2c(C(F)(F)F)cccc2c1C1=CC(c2ccccc2)C(C)S1. The van der Waals surface area contributed by atoms with E-state index in [0.717, 1.165) is 22.1 Å². The van der Waals surface area contributed by atoms with Crippen molar-refractivity contribution in [3.63, 3.8) is 0 Å². The lowest BCUT2D eigenvalue weighted by molar-refractivity contribution is -0.136. The Kier molecular flexibility index (Phi) is 4.50. The number of aryl methyl sites for hydroxylation is 1. The molecule has 0 bridgehead atoms. The molecule has 1 aliphatic rings. The van der Waals surface area contributed by atoms with Gasteiger partial charge in [-0.3, -0.25) is 4.98 Å². The van der Waals surface area contributed by atoms with Crippen molar-refractivity contribution in [3.8, 4) is 0 Å². The highest BCUT2D eigenvalue weighted by atomic mass is 32.2. The molecule has 0 amide bonds. The average molecular weight is 385 g/mol. The number of fused-ring (bicyclic) bond motifs is 1. The van der Waals surface area contributed by atoms with Crippen molar-refractivity contribution < 1.29 is 13.2 Å². The number of alkyl halides is 3. The van der Waals surface area contributed by atoms with Gasteiger partial charge in [-0.15, -0.1) is 11.8 Å². The van der Waals surface area contributed by atoms with E-state index in [1.807, 2.05) is 25.1 Å². The second kappa shape index (κ2) is 6.71. The third-order valence-corrected chi connectivity index (χ3v) is 6.23. The average Bonchev–Trinajstić information content (AvgIpc) is 3.02. The maximum atomic E-state index is 13.4. The number of hydrogen-bond donors (Lipinski definition) is 0. The van der Waals surface area contributed by atoms with E-state index in [2.05, 4.69) is 30.1 Å². The summed E-state index contributed by atoms with van der Waals surface area (Å²) in [5, 5.41) is 0.875. The lowest BCUT2D eigenvalue weighted by Gasteiger charge is -2.15. The van der Waals surface area contributed by atoms with Gasteiger partial charge in [-0.05, 0) is 24.1 Å². The second-order valence-electron chi connectivity index (χ2n) is 6.81. The first-order chi connectivity index (χ1) is 12.9. The normalized spacial score (nSPS) is 20.1. The fraction of sp³-hybridized carbons (Fsp3) is 0.227. The van der Waals surface area contributed by atoms with Crippen molar-refractivity contribution in [3.05, 3.63) is 83.1 Å². The minimum Gasteiger partial charge on any atom is -0.255 e. The van der Waals surface area contributed by atoms with E-state index in [1.54, 1.807) is 24.0 Å². The summed E-state index contributed by atoms with van der Waals surface area (Å²) in [7, 11) is 0. The summed E-state index contributed by atoms with van der Waals surface area (Å²) in [4.78, 5) is 5.15. The fourth-order valence-corrected chi connectivity index (χ4v) is 5.07. The molecule has 1 nitrogen and oxygen atoms in total. The molecule has 0 saturated heterocycles. The van der Waals surface area contributed by atoms with Crippen molar-refractivity contribution in [2.24, 2.45) is 0 Å². The predicted molar refractivity (Wildman–Crippen MR) is 106 cm³/mol. The number of allylic oxidation sites excluding steroid dienone is 1. The van der Waals surface area contributed by atoms with Crippen LogP contribution in [0.25, 0.3) is 15.8 Å². The number of thioether (sulfide) groups is 1. The van der Waals surface area contributed by atoms with Crippen LogP contribution in [0.15, 0.2) is 60.8 Å². The first-order valence-electron chi connectivity index (χ1n) is 8.75. The van der Waals surface area contributed by atoms with Gasteiger partial charge in [0.05, 0.1) is 11.1 Å². The van der Waals surface area contributed by atoms with Gasteiger partial charge in [0.2, 0.25) is 0 Å². The molecule has 138 valence electrons. The Morgan fingerprint density at radius 3 is 2.44 bits per heavy atom. The van der Waals surface area contributed by atoms with Crippen LogP contribution in [0.5, 0.6) is 0 Å². The number of pyridine rings is 1. The van der Waals surface area contributed by atoms with Gasteiger partial charge in [0, 0.05) is 33.2 Å². The molecule has 0 spiro atoms. The zero-order valence-electron chi connectivity index (χ0n) is 14.9. The first-order valence-corrected chi connectivity index (χ1v) is 9.63. The molecule has 3 aromatic rings. The third-order valence-electron chi connectivity index (χ3n) is 4.97. The molecule has 5 heteroatoms. The van der Waals surface area contributed by atoms with Crippen LogP contribution in [0, 0.1) is 6.92 Å². The van der Waals surface area contributed by atoms with Gasteiger partial charge < -0.3 is 0 Å². The van der Waals surface area contributed by atoms with Crippen LogP contribution in [0.2, 0.25) is 0 Å². The van der Waals surface area contributed by atoms with E-state index in [9.17, 15) is 13.2 Å². The van der Waals surface area contributed by atoms with E-state index in [1.165, 1.54) is 11.6 Å². The molecule has 0 radical (unpaired) electrons. The summed E-state index contributed by atoms with van der Waals surface area (Å²) in [6.07, 6.45) is -0.683. The lowest BCUT2D eigenvalue weighted by atomic mass is 9.94. The highest BCUT2D eigenvalue weighted by Crippen LogP contribution is 2.49. The summed E-state index contributed by atoms with van der Waals surface area (Å²) >= 11 is 1.72. The van der Waals surface area contributed by atoms with Crippen LogP contribution < -0.4 is 0 Å². The van der Waals surface area contributed by atoms with E-state index in [-0.39, 0.29) is 11.4 Å². The molecule has 1 aromatic heterocycles. The molecule has 0 aliphatic carbocycles. The van der Waals surface area contributed by atoms with Crippen LogP contribution in [-0.4, -0.2) is 10.2 Å². The zero-order chi connectivity index (χ0) is 19.2. The van der Waals surface area contributed by atoms with Crippen molar-refractivity contribution in [1.82, 2.24) is 4.98 Å². The maximum absolute atomic E-state index is 13.4. The van der Waals surface area contributed by atoms with Crippen LogP contribution in [0.3, 0.4) is 0 Å². The Bertz CT molecular complexity index is 1020. The van der Waals surface area contributed by atoms with E-state index in [4.69, 9.17) is 0 Å². The molecule has 27 heavy (non-hydrogen) atoms. The standard InChI is InChI=1S/C22H18F3NS/c1-13-12-26-21-16(9-6-10-18(21)22(23,24)25)20(13)19-11-17(14(2)27-19)15-7-4-3-5-8-15/h3-12,14,17H,1-2H3. The van der Waals surface area contributed by atoms with Crippen molar-refractivity contribution in [1.29, 1.82) is 0 Å². The molecule has 4 rings (SSSR count). The van der Waals surface area contributed by atoms with Crippen molar-refractivity contribution >= 4 is 27.6 Å². The Hall–Kier alpha value is -2.27. The Labute approximate surface area is 160 Å². The molecule has 2 aromatic carbocycles. The summed E-state index contributed by atoms with van der Waals surface area (Å²) in [6.45, 7) is 4.07. The monoisotopic (exact) mass is 385 g/mol. The topological polar surface area (TPSA) is 12.9 Å². The van der Waals surface area contributed by atoms with E-state index < -0.39 is 11.7 Å². The minimum absolute atomic E-state index is 0.0166. The van der Waals surface area contributed by atoms with Crippen LogP contribution in [0.4, 0.5) is 13.2 Å². The Morgan fingerprint density at radius 2 is 1.74 bits per heavy atom. The summed E-state index contributed by atoms with van der Waals surface area (Å²) in [5.41, 5.74) is 2.31.